The molecule has 0 saturated carbocycles. The lowest BCUT2D eigenvalue weighted by molar-refractivity contribution is -0.122. The second-order valence-corrected chi connectivity index (χ2v) is 6.31. The van der Waals surface area contributed by atoms with Crippen LogP contribution in [0.15, 0.2) is 45.5 Å². The molecular formula is C15H14Br2N2O2. The number of hydrogen-bond donors (Lipinski definition) is 1. The molecule has 0 spiro atoms. The second-order valence-electron chi connectivity index (χ2n) is 4.54. The lowest BCUT2D eigenvalue weighted by Gasteiger charge is -2.15. The Morgan fingerprint density at radius 1 is 1.29 bits per heavy atom. The van der Waals surface area contributed by atoms with Crippen molar-refractivity contribution in [1.82, 2.24) is 4.98 Å². The second kappa shape index (κ2) is 7.04. The van der Waals surface area contributed by atoms with Gasteiger partial charge in [-0.05, 0) is 59.6 Å². The first-order valence-corrected chi connectivity index (χ1v) is 7.89. The molecule has 2 rings (SSSR count). The van der Waals surface area contributed by atoms with E-state index in [4.69, 9.17) is 4.74 Å². The number of carbonyl (C=O) groups excluding carboxylic acids is 1. The number of benzene rings is 1. The number of ether oxygens (including phenoxy) is 1. The Morgan fingerprint density at radius 3 is 2.67 bits per heavy atom. The number of pyridine rings is 1. The zero-order valence-electron chi connectivity index (χ0n) is 11.6. The summed E-state index contributed by atoms with van der Waals surface area (Å²) in [6.07, 6.45) is 1.07. The highest BCUT2D eigenvalue weighted by atomic mass is 79.9. The monoisotopic (exact) mass is 412 g/mol. The van der Waals surface area contributed by atoms with Crippen LogP contribution < -0.4 is 10.1 Å². The molecule has 0 aliphatic heterocycles. The third kappa shape index (κ3) is 4.54. The van der Waals surface area contributed by atoms with Crippen LogP contribution in [0.5, 0.6) is 5.75 Å². The van der Waals surface area contributed by atoms with Crippen LogP contribution in [0.4, 0.5) is 5.82 Å². The first-order chi connectivity index (χ1) is 9.95. The van der Waals surface area contributed by atoms with Crippen molar-refractivity contribution in [2.75, 3.05) is 5.32 Å². The summed E-state index contributed by atoms with van der Waals surface area (Å²) >= 11 is 6.77. The average molecular weight is 414 g/mol. The minimum Gasteiger partial charge on any atom is -0.480 e. The van der Waals surface area contributed by atoms with Crippen molar-refractivity contribution in [2.45, 2.75) is 20.0 Å². The van der Waals surface area contributed by atoms with Gasteiger partial charge in [0.05, 0.1) is 4.47 Å². The highest BCUT2D eigenvalue weighted by Crippen LogP contribution is 2.29. The molecule has 0 radical (unpaired) electrons. The number of halogens is 2. The van der Waals surface area contributed by atoms with Crippen molar-refractivity contribution < 1.29 is 9.53 Å². The Kier molecular flexibility index (Phi) is 5.36. The molecule has 0 aliphatic rings. The van der Waals surface area contributed by atoms with Gasteiger partial charge in [-0.3, -0.25) is 4.79 Å². The van der Waals surface area contributed by atoms with Gasteiger partial charge >= 0.3 is 0 Å². The summed E-state index contributed by atoms with van der Waals surface area (Å²) in [6.45, 7) is 3.63. The molecule has 1 N–H and O–H groups in total. The van der Waals surface area contributed by atoms with Crippen LogP contribution in [0.3, 0.4) is 0 Å². The van der Waals surface area contributed by atoms with Crippen molar-refractivity contribution in [1.29, 1.82) is 0 Å². The predicted octanol–water partition coefficient (Wildman–Crippen LogP) is 4.32. The van der Waals surface area contributed by atoms with Gasteiger partial charge in [-0.15, -0.1) is 0 Å². The zero-order chi connectivity index (χ0) is 15.4. The number of nitrogens with zero attached hydrogens (tertiary/aromatic N) is 1. The molecule has 0 fully saturated rings. The number of rotatable bonds is 4. The van der Waals surface area contributed by atoms with Crippen LogP contribution in [0.25, 0.3) is 0 Å². The Hall–Kier alpha value is -1.40. The summed E-state index contributed by atoms with van der Waals surface area (Å²) < 4.78 is 7.37. The molecule has 0 aliphatic carbocycles. The highest BCUT2D eigenvalue weighted by Gasteiger charge is 2.16. The minimum absolute atomic E-state index is 0.249. The van der Waals surface area contributed by atoms with Gasteiger partial charge in [0.1, 0.15) is 11.6 Å². The van der Waals surface area contributed by atoms with E-state index < -0.39 is 6.10 Å². The number of anilines is 1. The molecule has 1 heterocycles. The molecule has 21 heavy (non-hydrogen) atoms. The van der Waals surface area contributed by atoms with E-state index in [9.17, 15) is 4.79 Å². The van der Waals surface area contributed by atoms with Crippen LogP contribution in [0.2, 0.25) is 0 Å². The fraction of sp³-hybridized carbons (Fsp3) is 0.200. The Bertz CT molecular complexity index is 645. The van der Waals surface area contributed by atoms with E-state index in [1.54, 1.807) is 25.3 Å². The van der Waals surface area contributed by atoms with Gasteiger partial charge < -0.3 is 10.1 Å². The largest absolute Gasteiger partial charge is 0.480 e. The number of nitrogens with one attached hydrogen (secondary N) is 1. The van der Waals surface area contributed by atoms with Crippen molar-refractivity contribution in [3.63, 3.8) is 0 Å². The lowest BCUT2D eigenvalue weighted by atomic mass is 10.3. The van der Waals surface area contributed by atoms with E-state index in [1.165, 1.54) is 0 Å². The van der Waals surface area contributed by atoms with E-state index in [-0.39, 0.29) is 5.91 Å². The number of aromatic nitrogens is 1. The minimum atomic E-state index is -0.634. The molecule has 6 heteroatoms. The summed E-state index contributed by atoms with van der Waals surface area (Å²) in [7, 11) is 0. The molecule has 1 aromatic heterocycles. The molecular weight excluding hydrogens is 400 g/mol. The van der Waals surface area contributed by atoms with Crippen molar-refractivity contribution in [3.05, 3.63) is 51.0 Å². The summed E-state index contributed by atoms with van der Waals surface area (Å²) in [5, 5.41) is 2.72. The maximum Gasteiger partial charge on any atom is 0.266 e. The Labute approximate surface area is 140 Å². The Morgan fingerprint density at radius 2 is 2.05 bits per heavy atom. The van der Waals surface area contributed by atoms with Crippen LogP contribution in [-0.2, 0) is 4.79 Å². The number of carbonyl (C=O) groups is 1. The smallest absolute Gasteiger partial charge is 0.266 e. The molecule has 110 valence electrons. The molecule has 0 saturated heterocycles. The van der Waals surface area contributed by atoms with Crippen molar-refractivity contribution in [2.24, 2.45) is 0 Å². The average Bonchev–Trinajstić information content (AvgIpc) is 2.44. The van der Waals surface area contributed by atoms with Crippen LogP contribution in [0, 0.1) is 6.92 Å². The van der Waals surface area contributed by atoms with E-state index >= 15 is 0 Å². The van der Waals surface area contributed by atoms with Crippen LogP contribution in [-0.4, -0.2) is 17.0 Å². The quantitative estimate of drug-likeness (QED) is 0.811. The fourth-order valence-corrected chi connectivity index (χ4v) is 2.72. The van der Waals surface area contributed by atoms with Gasteiger partial charge in [-0.2, -0.15) is 0 Å². The highest BCUT2D eigenvalue weighted by molar-refractivity contribution is 9.11. The third-order valence-electron chi connectivity index (χ3n) is 2.73. The molecule has 2 aromatic rings. The van der Waals surface area contributed by atoms with Crippen molar-refractivity contribution in [3.8, 4) is 5.75 Å². The normalized spacial score (nSPS) is 11.8. The molecule has 1 atom stereocenters. The molecule has 1 unspecified atom stereocenters. The van der Waals surface area contributed by atoms with Gasteiger partial charge in [-0.25, -0.2) is 4.98 Å². The zero-order valence-corrected chi connectivity index (χ0v) is 14.7. The summed E-state index contributed by atoms with van der Waals surface area (Å²) in [5.41, 5.74) is 1.04. The topological polar surface area (TPSA) is 51.2 Å². The number of hydrogen-bond acceptors (Lipinski definition) is 3. The van der Waals surface area contributed by atoms with Gasteiger partial charge in [0, 0.05) is 10.7 Å². The lowest BCUT2D eigenvalue weighted by Crippen LogP contribution is -2.30. The maximum absolute atomic E-state index is 12.1. The van der Waals surface area contributed by atoms with E-state index in [0.29, 0.717) is 11.6 Å². The maximum atomic E-state index is 12.1. The van der Waals surface area contributed by atoms with Gasteiger partial charge in [0.2, 0.25) is 0 Å². The third-order valence-corrected chi connectivity index (χ3v) is 3.84. The summed E-state index contributed by atoms with van der Waals surface area (Å²) in [5.74, 6) is 0.870. The first kappa shape index (κ1) is 16.0. The molecule has 1 aromatic carbocycles. The van der Waals surface area contributed by atoms with Crippen molar-refractivity contribution >= 4 is 43.6 Å². The van der Waals surface area contributed by atoms with E-state index in [1.807, 2.05) is 25.1 Å². The van der Waals surface area contributed by atoms with E-state index in [0.717, 1.165) is 14.5 Å². The molecule has 4 nitrogen and oxygen atoms in total. The SMILES string of the molecule is Cc1ccc(NC(=O)C(C)Oc2ccc(Br)cc2Br)nc1. The van der Waals surface area contributed by atoms with Gasteiger partial charge in [-0.1, -0.05) is 22.0 Å². The standard InChI is InChI=1S/C15H14Br2N2O2/c1-9-3-6-14(18-8-9)19-15(20)10(2)21-13-5-4-11(16)7-12(13)17/h3-8,10H,1-2H3,(H,18,19,20). The Balaban J connectivity index is 2.00. The summed E-state index contributed by atoms with van der Waals surface area (Å²) in [4.78, 5) is 16.2. The van der Waals surface area contributed by atoms with Crippen LogP contribution >= 0.6 is 31.9 Å². The van der Waals surface area contributed by atoms with Crippen LogP contribution in [0.1, 0.15) is 12.5 Å². The fourth-order valence-electron chi connectivity index (χ4n) is 1.58. The number of amides is 1. The van der Waals surface area contributed by atoms with Gasteiger partial charge in [0.25, 0.3) is 5.91 Å². The summed E-state index contributed by atoms with van der Waals surface area (Å²) in [6, 6.07) is 9.16. The number of aryl methyl sites for hydroxylation is 1. The van der Waals surface area contributed by atoms with E-state index in [2.05, 4.69) is 42.2 Å². The van der Waals surface area contributed by atoms with Gasteiger partial charge in [0.15, 0.2) is 6.10 Å². The molecule has 1 amide bonds. The predicted molar refractivity (Wildman–Crippen MR) is 89.5 cm³/mol. The molecule has 0 bridgehead atoms. The first-order valence-electron chi connectivity index (χ1n) is 6.31.